The third kappa shape index (κ3) is 2.62. The van der Waals surface area contributed by atoms with Crippen molar-refractivity contribution in [3.05, 3.63) is 0 Å². The predicted molar refractivity (Wildman–Crippen MR) is 72.7 cm³/mol. The van der Waals surface area contributed by atoms with Gasteiger partial charge in [-0.25, -0.2) is 0 Å². The van der Waals surface area contributed by atoms with Crippen molar-refractivity contribution in [3.63, 3.8) is 0 Å². The topological polar surface area (TPSA) is 55.1 Å². The van der Waals surface area contributed by atoms with Crippen LogP contribution in [0.15, 0.2) is 0 Å². The monoisotopic (exact) mass is 254 g/mol. The Morgan fingerprint density at radius 2 is 1.71 bits per heavy atom. The number of thiocarbonyl (C=S) groups is 1. The van der Waals surface area contributed by atoms with Gasteiger partial charge in [0.1, 0.15) is 0 Å². The molecular weight excluding hydrogens is 232 g/mol. The third-order valence-electron chi connectivity index (χ3n) is 4.30. The Balaban J connectivity index is 1.99. The van der Waals surface area contributed by atoms with Crippen molar-refractivity contribution in [2.75, 3.05) is 0 Å². The van der Waals surface area contributed by atoms with Gasteiger partial charge >= 0.3 is 0 Å². The fraction of sp³-hybridized carbons (Fsp3) is 0.846. The average Bonchev–Trinajstić information content (AvgIpc) is 2.80. The standard InChI is InChI=1S/C13H22N2OS/c14-11(17)13(8-4-5-9-13)12(16)15-10-6-2-1-3-7-10/h10H,1-9H2,(H2,14,17)(H,15,16). The predicted octanol–water partition coefficient (Wildman–Crippen LogP) is 2.28. The molecule has 0 heterocycles. The van der Waals surface area contributed by atoms with Gasteiger partial charge in [-0.15, -0.1) is 0 Å². The summed E-state index contributed by atoms with van der Waals surface area (Å²) in [6.45, 7) is 0. The molecule has 0 aromatic heterocycles. The van der Waals surface area contributed by atoms with Crippen LogP contribution in [-0.2, 0) is 4.79 Å². The SMILES string of the molecule is NC(=S)C1(C(=O)NC2CCCCC2)CCCC1. The van der Waals surface area contributed by atoms with Crippen LogP contribution in [0, 0.1) is 5.41 Å². The highest BCUT2D eigenvalue weighted by Crippen LogP contribution is 2.39. The van der Waals surface area contributed by atoms with Crippen LogP contribution in [0.4, 0.5) is 0 Å². The molecule has 2 rings (SSSR count). The molecule has 1 amide bonds. The van der Waals surface area contributed by atoms with E-state index >= 15 is 0 Å². The Morgan fingerprint density at radius 1 is 1.12 bits per heavy atom. The summed E-state index contributed by atoms with van der Waals surface area (Å²) in [5, 5.41) is 3.18. The van der Waals surface area contributed by atoms with Crippen LogP contribution in [0.25, 0.3) is 0 Å². The van der Waals surface area contributed by atoms with Crippen LogP contribution in [0.3, 0.4) is 0 Å². The first-order chi connectivity index (χ1) is 8.15. The molecule has 17 heavy (non-hydrogen) atoms. The van der Waals surface area contributed by atoms with E-state index in [1.54, 1.807) is 0 Å². The van der Waals surface area contributed by atoms with Gasteiger partial charge in [0.15, 0.2) is 0 Å². The largest absolute Gasteiger partial charge is 0.392 e. The summed E-state index contributed by atoms with van der Waals surface area (Å²) < 4.78 is 0. The Kier molecular flexibility index (Phi) is 4.02. The van der Waals surface area contributed by atoms with Crippen LogP contribution in [-0.4, -0.2) is 16.9 Å². The van der Waals surface area contributed by atoms with Gasteiger partial charge in [0.25, 0.3) is 0 Å². The molecule has 0 spiro atoms. The van der Waals surface area contributed by atoms with Crippen molar-refractivity contribution >= 4 is 23.1 Å². The van der Waals surface area contributed by atoms with E-state index in [1.807, 2.05) is 0 Å². The van der Waals surface area contributed by atoms with E-state index in [0.29, 0.717) is 11.0 Å². The van der Waals surface area contributed by atoms with Crippen LogP contribution in [0.1, 0.15) is 57.8 Å². The van der Waals surface area contributed by atoms with Gasteiger partial charge in [0.05, 0.1) is 10.4 Å². The summed E-state index contributed by atoms with van der Waals surface area (Å²) in [5.41, 5.74) is 5.27. The summed E-state index contributed by atoms with van der Waals surface area (Å²) in [4.78, 5) is 12.8. The molecule has 2 aliphatic carbocycles. The van der Waals surface area contributed by atoms with Crippen LogP contribution < -0.4 is 11.1 Å². The number of hydrogen-bond donors (Lipinski definition) is 2. The molecule has 0 radical (unpaired) electrons. The molecule has 96 valence electrons. The highest BCUT2D eigenvalue weighted by Gasteiger charge is 2.44. The quantitative estimate of drug-likeness (QED) is 0.760. The molecule has 3 N–H and O–H groups in total. The summed E-state index contributed by atoms with van der Waals surface area (Å²) in [7, 11) is 0. The van der Waals surface area contributed by atoms with Gasteiger partial charge in [-0.3, -0.25) is 4.79 Å². The summed E-state index contributed by atoms with van der Waals surface area (Å²) in [5.74, 6) is 0.0920. The molecule has 3 nitrogen and oxygen atoms in total. The van der Waals surface area contributed by atoms with Gasteiger partial charge < -0.3 is 11.1 Å². The molecule has 2 saturated carbocycles. The zero-order valence-corrected chi connectivity index (χ0v) is 11.2. The number of amides is 1. The maximum atomic E-state index is 12.4. The molecule has 0 aromatic carbocycles. The number of nitrogens with two attached hydrogens (primary N) is 1. The molecule has 0 aliphatic heterocycles. The Hall–Kier alpha value is -0.640. The molecule has 2 fully saturated rings. The maximum Gasteiger partial charge on any atom is 0.233 e. The van der Waals surface area contributed by atoms with Gasteiger partial charge in [-0.2, -0.15) is 0 Å². The van der Waals surface area contributed by atoms with Gasteiger partial charge in [-0.1, -0.05) is 44.3 Å². The van der Waals surface area contributed by atoms with Crippen LogP contribution >= 0.6 is 12.2 Å². The second kappa shape index (κ2) is 5.34. The van der Waals surface area contributed by atoms with E-state index in [4.69, 9.17) is 18.0 Å². The number of nitrogens with one attached hydrogen (secondary N) is 1. The van der Waals surface area contributed by atoms with E-state index in [9.17, 15) is 4.79 Å². The Bertz CT molecular complexity index is 305. The summed E-state index contributed by atoms with van der Waals surface area (Å²) in [6, 6.07) is 0.350. The second-order valence-electron chi connectivity index (χ2n) is 5.46. The minimum absolute atomic E-state index is 0.0920. The first-order valence-corrected chi connectivity index (χ1v) is 7.17. The zero-order chi connectivity index (χ0) is 12.3. The lowest BCUT2D eigenvalue weighted by Crippen LogP contribution is -2.50. The molecule has 0 atom stereocenters. The first-order valence-electron chi connectivity index (χ1n) is 6.76. The number of rotatable bonds is 3. The van der Waals surface area contributed by atoms with E-state index < -0.39 is 5.41 Å². The second-order valence-corrected chi connectivity index (χ2v) is 5.90. The molecule has 0 saturated heterocycles. The lowest BCUT2D eigenvalue weighted by atomic mass is 9.84. The smallest absolute Gasteiger partial charge is 0.233 e. The maximum absolute atomic E-state index is 12.4. The van der Waals surface area contributed by atoms with Crippen LogP contribution in [0.5, 0.6) is 0 Å². The van der Waals surface area contributed by atoms with Crippen molar-refractivity contribution in [2.24, 2.45) is 11.1 Å². The Morgan fingerprint density at radius 3 is 2.24 bits per heavy atom. The van der Waals surface area contributed by atoms with E-state index in [1.165, 1.54) is 19.3 Å². The minimum atomic E-state index is -0.535. The van der Waals surface area contributed by atoms with Crippen LogP contribution in [0.2, 0.25) is 0 Å². The van der Waals surface area contributed by atoms with E-state index in [0.717, 1.165) is 38.5 Å². The number of carbonyl (C=O) groups is 1. The minimum Gasteiger partial charge on any atom is -0.392 e. The molecule has 0 unspecified atom stereocenters. The Labute approximate surface area is 109 Å². The van der Waals surface area contributed by atoms with Crippen molar-refractivity contribution in [1.82, 2.24) is 5.32 Å². The number of carbonyl (C=O) groups excluding carboxylic acids is 1. The zero-order valence-electron chi connectivity index (χ0n) is 10.3. The number of hydrogen-bond acceptors (Lipinski definition) is 2. The van der Waals surface area contributed by atoms with E-state index in [-0.39, 0.29) is 5.91 Å². The van der Waals surface area contributed by atoms with Crippen molar-refractivity contribution in [3.8, 4) is 0 Å². The van der Waals surface area contributed by atoms with Crippen molar-refractivity contribution in [2.45, 2.75) is 63.8 Å². The average molecular weight is 254 g/mol. The highest BCUT2D eigenvalue weighted by molar-refractivity contribution is 7.80. The first kappa shape index (κ1) is 12.8. The summed E-state index contributed by atoms with van der Waals surface area (Å²) >= 11 is 5.13. The normalized spacial score (nSPS) is 24.5. The highest BCUT2D eigenvalue weighted by atomic mass is 32.1. The lowest BCUT2D eigenvalue weighted by Gasteiger charge is -2.30. The van der Waals surface area contributed by atoms with Crippen molar-refractivity contribution in [1.29, 1.82) is 0 Å². The van der Waals surface area contributed by atoms with Gasteiger partial charge in [0.2, 0.25) is 5.91 Å². The third-order valence-corrected chi connectivity index (χ3v) is 4.69. The molecular formula is C13H22N2OS. The van der Waals surface area contributed by atoms with Gasteiger partial charge in [-0.05, 0) is 25.7 Å². The molecule has 2 aliphatic rings. The van der Waals surface area contributed by atoms with Gasteiger partial charge in [0, 0.05) is 6.04 Å². The van der Waals surface area contributed by atoms with E-state index in [2.05, 4.69) is 5.32 Å². The fourth-order valence-corrected chi connectivity index (χ4v) is 3.43. The fourth-order valence-electron chi connectivity index (χ4n) is 3.13. The lowest BCUT2D eigenvalue weighted by molar-refractivity contribution is -0.128. The molecule has 0 aromatic rings. The summed E-state index contributed by atoms with van der Waals surface area (Å²) in [6.07, 6.45) is 9.77. The molecule has 0 bridgehead atoms. The molecule has 4 heteroatoms. The van der Waals surface area contributed by atoms with Crippen molar-refractivity contribution < 1.29 is 4.79 Å².